The fourth-order valence-electron chi connectivity index (χ4n) is 3.70. The number of hydrogen-bond acceptors (Lipinski definition) is 5. The van der Waals surface area contributed by atoms with Gasteiger partial charge in [-0.15, -0.1) is 0 Å². The molecular weight excluding hydrogens is 362 g/mol. The Balaban J connectivity index is 1.87. The second-order valence-electron chi connectivity index (χ2n) is 7.77. The van der Waals surface area contributed by atoms with Crippen molar-refractivity contribution in [3.8, 4) is 0 Å². The molecule has 2 rings (SSSR count). The summed E-state index contributed by atoms with van der Waals surface area (Å²) in [5.74, 6) is -0.206. The minimum atomic E-state index is -3.41. The molecule has 1 heterocycles. The number of benzene rings is 1. The first-order valence-corrected chi connectivity index (χ1v) is 11.3. The molecule has 1 saturated heterocycles. The highest BCUT2D eigenvalue weighted by atomic mass is 32.2. The lowest BCUT2D eigenvalue weighted by Gasteiger charge is -2.44. The summed E-state index contributed by atoms with van der Waals surface area (Å²) in [6.45, 7) is 7.69. The van der Waals surface area contributed by atoms with Crippen LogP contribution < -0.4 is 0 Å². The van der Waals surface area contributed by atoms with Gasteiger partial charge < -0.3 is 9.80 Å². The predicted octanol–water partition coefficient (Wildman–Crippen LogP) is 1.72. The summed E-state index contributed by atoms with van der Waals surface area (Å²) in [4.78, 5) is 19.4. The zero-order valence-electron chi connectivity index (χ0n) is 17.0. The molecule has 152 valence electrons. The van der Waals surface area contributed by atoms with Gasteiger partial charge in [0.15, 0.2) is 9.84 Å². The van der Waals surface area contributed by atoms with E-state index in [2.05, 4.69) is 37.7 Å². The summed E-state index contributed by atoms with van der Waals surface area (Å²) in [6, 6.07) is 8.91. The predicted molar refractivity (Wildman–Crippen MR) is 108 cm³/mol. The summed E-state index contributed by atoms with van der Waals surface area (Å²) >= 11 is 0. The highest BCUT2D eigenvalue weighted by Crippen LogP contribution is 2.18. The lowest BCUT2D eigenvalue weighted by atomic mass is 10.1. The molecule has 0 aliphatic carbocycles. The number of carbonyl (C=O) groups is 1. The molecule has 0 spiro atoms. The van der Waals surface area contributed by atoms with E-state index in [-0.39, 0.29) is 35.1 Å². The van der Waals surface area contributed by atoms with E-state index in [1.807, 2.05) is 4.90 Å². The molecule has 1 aliphatic heterocycles. The van der Waals surface area contributed by atoms with E-state index in [4.69, 9.17) is 0 Å². The van der Waals surface area contributed by atoms with Gasteiger partial charge in [-0.2, -0.15) is 0 Å². The first-order chi connectivity index (χ1) is 12.7. The molecule has 2 atom stereocenters. The third-order valence-electron chi connectivity index (χ3n) is 5.16. The van der Waals surface area contributed by atoms with Crippen molar-refractivity contribution >= 4 is 15.7 Å². The molecule has 1 aromatic rings. The van der Waals surface area contributed by atoms with Gasteiger partial charge in [-0.1, -0.05) is 18.2 Å². The highest BCUT2D eigenvalue weighted by Gasteiger charge is 2.31. The Morgan fingerprint density at radius 2 is 1.70 bits per heavy atom. The van der Waals surface area contributed by atoms with E-state index in [1.54, 1.807) is 30.3 Å². The van der Waals surface area contributed by atoms with Crippen molar-refractivity contribution in [1.82, 2.24) is 14.7 Å². The van der Waals surface area contributed by atoms with Crippen LogP contribution in [-0.2, 0) is 14.6 Å². The third-order valence-corrected chi connectivity index (χ3v) is 6.89. The zero-order valence-corrected chi connectivity index (χ0v) is 17.8. The van der Waals surface area contributed by atoms with Gasteiger partial charge in [0.1, 0.15) is 0 Å². The molecule has 7 heteroatoms. The number of rotatable bonds is 8. The first kappa shape index (κ1) is 21.9. The number of piperazine rings is 1. The summed E-state index contributed by atoms with van der Waals surface area (Å²) in [5.41, 5.74) is 0. The number of sulfone groups is 1. The van der Waals surface area contributed by atoms with Gasteiger partial charge in [-0.25, -0.2) is 8.42 Å². The molecule has 1 fully saturated rings. The molecule has 0 aromatic heterocycles. The Morgan fingerprint density at radius 3 is 2.26 bits per heavy atom. The van der Waals surface area contributed by atoms with E-state index < -0.39 is 9.84 Å². The van der Waals surface area contributed by atoms with Crippen LogP contribution in [0.25, 0.3) is 0 Å². The molecule has 0 saturated carbocycles. The Bertz CT molecular complexity index is 694. The van der Waals surface area contributed by atoms with Crippen molar-refractivity contribution in [3.05, 3.63) is 30.3 Å². The van der Waals surface area contributed by atoms with Crippen molar-refractivity contribution in [2.45, 2.75) is 43.7 Å². The van der Waals surface area contributed by atoms with Crippen molar-refractivity contribution in [2.24, 2.45) is 0 Å². The van der Waals surface area contributed by atoms with Crippen molar-refractivity contribution in [1.29, 1.82) is 0 Å². The maximum Gasteiger partial charge on any atom is 0.223 e. The van der Waals surface area contributed by atoms with Gasteiger partial charge in [0.2, 0.25) is 5.91 Å². The molecule has 0 N–H and O–H groups in total. The normalized spacial score (nSPS) is 21.6. The van der Waals surface area contributed by atoms with Crippen LogP contribution in [-0.4, -0.2) is 87.1 Å². The van der Waals surface area contributed by atoms with Crippen molar-refractivity contribution in [2.75, 3.05) is 46.0 Å². The molecular formula is C20H33N3O3S. The van der Waals surface area contributed by atoms with Crippen LogP contribution >= 0.6 is 0 Å². The van der Waals surface area contributed by atoms with E-state index >= 15 is 0 Å². The van der Waals surface area contributed by atoms with Crippen LogP contribution in [0.1, 0.15) is 26.7 Å². The highest BCUT2D eigenvalue weighted by molar-refractivity contribution is 7.91. The average molecular weight is 396 g/mol. The van der Waals surface area contributed by atoms with Crippen LogP contribution in [0, 0.1) is 0 Å². The average Bonchev–Trinajstić information content (AvgIpc) is 2.62. The van der Waals surface area contributed by atoms with Crippen LogP contribution in [0.3, 0.4) is 0 Å². The SMILES string of the molecule is CC1CN(C(=O)CCS(=O)(=O)c2ccccc2)CC(C)N1CCCN(C)C. The van der Waals surface area contributed by atoms with E-state index in [9.17, 15) is 13.2 Å². The maximum absolute atomic E-state index is 12.6. The largest absolute Gasteiger partial charge is 0.340 e. The smallest absolute Gasteiger partial charge is 0.223 e. The molecule has 1 aliphatic rings. The van der Waals surface area contributed by atoms with E-state index in [1.165, 1.54) is 0 Å². The van der Waals surface area contributed by atoms with Gasteiger partial charge in [-0.3, -0.25) is 9.69 Å². The number of carbonyl (C=O) groups excluding carboxylic acids is 1. The van der Waals surface area contributed by atoms with Crippen molar-refractivity contribution < 1.29 is 13.2 Å². The second kappa shape index (κ2) is 9.66. The Kier molecular flexibility index (Phi) is 7.82. The molecule has 1 amide bonds. The van der Waals surface area contributed by atoms with Crippen LogP contribution in [0.4, 0.5) is 0 Å². The fraction of sp³-hybridized carbons (Fsp3) is 0.650. The lowest BCUT2D eigenvalue weighted by Crippen LogP contribution is -2.58. The topological polar surface area (TPSA) is 60.9 Å². The zero-order chi connectivity index (χ0) is 20.0. The molecule has 0 radical (unpaired) electrons. The number of amides is 1. The van der Waals surface area contributed by atoms with Gasteiger partial charge >= 0.3 is 0 Å². The monoisotopic (exact) mass is 395 g/mol. The number of nitrogens with zero attached hydrogens (tertiary/aromatic N) is 3. The summed E-state index contributed by atoms with van der Waals surface area (Å²) in [6.07, 6.45) is 1.14. The molecule has 2 unspecified atom stereocenters. The lowest BCUT2D eigenvalue weighted by molar-refractivity contribution is -0.135. The number of hydrogen-bond donors (Lipinski definition) is 0. The summed E-state index contributed by atoms with van der Waals surface area (Å²) in [5, 5.41) is 0. The second-order valence-corrected chi connectivity index (χ2v) is 9.88. The molecule has 6 nitrogen and oxygen atoms in total. The Hall–Kier alpha value is -1.44. The summed E-state index contributed by atoms with van der Waals surface area (Å²) in [7, 11) is 0.738. The molecule has 0 bridgehead atoms. The molecule has 27 heavy (non-hydrogen) atoms. The van der Waals surface area contributed by atoms with Crippen LogP contribution in [0.15, 0.2) is 35.2 Å². The maximum atomic E-state index is 12.6. The molecule has 1 aromatic carbocycles. The Morgan fingerprint density at radius 1 is 1.11 bits per heavy atom. The van der Waals surface area contributed by atoms with Crippen molar-refractivity contribution in [3.63, 3.8) is 0 Å². The third kappa shape index (κ3) is 6.30. The van der Waals surface area contributed by atoms with Gasteiger partial charge in [0, 0.05) is 38.1 Å². The van der Waals surface area contributed by atoms with Gasteiger partial charge in [0.05, 0.1) is 10.6 Å². The van der Waals surface area contributed by atoms with Crippen LogP contribution in [0.2, 0.25) is 0 Å². The quantitative estimate of drug-likeness (QED) is 0.671. The summed E-state index contributed by atoms with van der Waals surface area (Å²) < 4.78 is 24.8. The fourth-order valence-corrected chi connectivity index (χ4v) is 4.95. The first-order valence-electron chi connectivity index (χ1n) is 9.67. The van der Waals surface area contributed by atoms with E-state index in [0.29, 0.717) is 13.1 Å². The Labute approximate surface area is 164 Å². The van der Waals surface area contributed by atoms with Gasteiger partial charge in [-0.05, 0) is 53.0 Å². The minimum Gasteiger partial charge on any atom is -0.340 e. The standard InChI is InChI=1S/C20H33N3O3S/c1-17-15-22(16-18(2)23(17)13-8-12-21(3)4)20(24)11-14-27(25,26)19-9-6-5-7-10-19/h5-7,9-10,17-18H,8,11-16H2,1-4H3. The minimum absolute atomic E-state index is 0.0390. The van der Waals surface area contributed by atoms with Crippen LogP contribution in [0.5, 0.6) is 0 Å². The van der Waals surface area contributed by atoms with E-state index in [0.717, 1.165) is 19.5 Å². The van der Waals surface area contributed by atoms with Gasteiger partial charge in [0.25, 0.3) is 0 Å².